The Bertz CT molecular complexity index is 898. The molecule has 0 amide bonds. The molecule has 1 aliphatic heterocycles. The minimum absolute atomic E-state index is 0.00752. The lowest BCUT2D eigenvalue weighted by molar-refractivity contribution is 0.171. The maximum Gasteiger partial charge on any atom is 0.258 e. The zero-order valence-electron chi connectivity index (χ0n) is 13.1. The van der Waals surface area contributed by atoms with Gasteiger partial charge in [0.25, 0.3) is 5.56 Å². The fourth-order valence-electron chi connectivity index (χ4n) is 3.51. The molecule has 4 nitrogen and oxygen atoms in total. The van der Waals surface area contributed by atoms with E-state index in [4.69, 9.17) is 0 Å². The minimum atomic E-state index is -0.00752. The van der Waals surface area contributed by atoms with Crippen LogP contribution in [-0.4, -0.2) is 20.8 Å². The highest BCUT2D eigenvalue weighted by atomic mass is 32.1. The number of aromatic nitrogens is 2. The Morgan fingerprint density at radius 2 is 2.26 bits per heavy atom. The van der Waals surface area contributed by atoms with E-state index in [1.54, 1.807) is 16.7 Å². The number of hydrogen-bond acceptors (Lipinski definition) is 4. The molecule has 0 saturated heterocycles. The lowest BCUT2D eigenvalue weighted by atomic mass is 9.97. The van der Waals surface area contributed by atoms with E-state index in [1.165, 1.54) is 10.4 Å². The van der Waals surface area contributed by atoms with Crippen LogP contribution in [0.15, 0.2) is 46.7 Å². The van der Waals surface area contributed by atoms with Crippen LogP contribution in [0.3, 0.4) is 0 Å². The maximum absolute atomic E-state index is 12.3. The Hall–Kier alpha value is -1.98. The second-order valence-electron chi connectivity index (χ2n) is 5.96. The van der Waals surface area contributed by atoms with Crippen LogP contribution in [0.2, 0.25) is 0 Å². The molecule has 0 aliphatic carbocycles. The predicted molar refractivity (Wildman–Crippen MR) is 92.9 cm³/mol. The Morgan fingerprint density at radius 3 is 3.13 bits per heavy atom. The Balaban J connectivity index is 1.67. The SMILES string of the molecule is CCC1c2ccsc2CCN1Cc1cc(=O)n2ccccc2n1. The lowest BCUT2D eigenvalue weighted by Gasteiger charge is -2.35. The first-order valence-corrected chi connectivity index (χ1v) is 8.92. The number of fused-ring (bicyclic) bond motifs is 2. The molecule has 0 fully saturated rings. The van der Waals surface area contributed by atoms with Crippen LogP contribution in [0.5, 0.6) is 0 Å². The molecule has 118 valence electrons. The van der Waals surface area contributed by atoms with Gasteiger partial charge in [-0.2, -0.15) is 0 Å². The Morgan fingerprint density at radius 1 is 1.35 bits per heavy atom. The highest BCUT2D eigenvalue weighted by Gasteiger charge is 2.27. The summed E-state index contributed by atoms with van der Waals surface area (Å²) in [7, 11) is 0. The predicted octanol–water partition coefficient (Wildman–Crippen LogP) is 3.27. The third kappa shape index (κ3) is 2.60. The van der Waals surface area contributed by atoms with Crippen LogP contribution < -0.4 is 5.56 Å². The molecule has 1 atom stereocenters. The summed E-state index contributed by atoms with van der Waals surface area (Å²) in [5, 5.41) is 2.19. The number of thiophene rings is 1. The fraction of sp³-hybridized carbons (Fsp3) is 0.333. The molecule has 1 aliphatic rings. The largest absolute Gasteiger partial charge is 0.290 e. The molecular weight excluding hydrogens is 306 g/mol. The van der Waals surface area contributed by atoms with Crippen molar-refractivity contribution in [1.29, 1.82) is 0 Å². The van der Waals surface area contributed by atoms with Crippen molar-refractivity contribution in [3.8, 4) is 0 Å². The smallest absolute Gasteiger partial charge is 0.258 e. The molecule has 3 aromatic heterocycles. The van der Waals surface area contributed by atoms with Crippen molar-refractivity contribution in [2.75, 3.05) is 6.54 Å². The number of hydrogen-bond donors (Lipinski definition) is 0. The zero-order chi connectivity index (χ0) is 15.8. The van der Waals surface area contributed by atoms with Crippen molar-refractivity contribution in [3.05, 3.63) is 68.4 Å². The van der Waals surface area contributed by atoms with E-state index in [0.29, 0.717) is 6.04 Å². The molecule has 4 rings (SSSR count). The van der Waals surface area contributed by atoms with Crippen LogP contribution in [0.4, 0.5) is 0 Å². The van der Waals surface area contributed by atoms with Gasteiger partial charge in [-0.25, -0.2) is 4.98 Å². The molecule has 4 heterocycles. The molecular formula is C18H19N3OS. The van der Waals surface area contributed by atoms with Crippen molar-refractivity contribution >= 4 is 17.0 Å². The molecule has 23 heavy (non-hydrogen) atoms. The molecule has 3 aromatic rings. The van der Waals surface area contributed by atoms with Gasteiger partial charge in [-0.3, -0.25) is 14.1 Å². The molecule has 0 saturated carbocycles. The van der Waals surface area contributed by atoms with Crippen LogP contribution in [-0.2, 0) is 13.0 Å². The van der Waals surface area contributed by atoms with Crippen molar-refractivity contribution in [1.82, 2.24) is 14.3 Å². The maximum atomic E-state index is 12.3. The summed E-state index contributed by atoms with van der Waals surface area (Å²) in [5.41, 5.74) is 3.03. The van der Waals surface area contributed by atoms with Gasteiger partial charge in [0, 0.05) is 36.3 Å². The number of rotatable bonds is 3. The lowest BCUT2D eigenvalue weighted by Crippen LogP contribution is -2.34. The van der Waals surface area contributed by atoms with Crippen molar-refractivity contribution in [2.45, 2.75) is 32.4 Å². The van der Waals surface area contributed by atoms with Gasteiger partial charge in [-0.15, -0.1) is 11.3 Å². The summed E-state index contributed by atoms with van der Waals surface area (Å²) in [4.78, 5) is 20.9. The minimum Gasteiger partial charge on any atom is -0.290 e. The average molecular weight is 325 g/mol. The molecule has 0 aromatic carbocycles. The normalized spacial score (nSPS) is 18.2. The molecule has 0 spiro atoms. The molecule has 5 heteroatoms. The standard InChI is InChI=1S/C18H19N3OS/c1-2-15-14-7-10-23-16(14)6-9-20(15)12-13-11-18(22)21-8-4-3-5-17(21)19-13/h3-5,7-8,10-11,15H,2,6,9,12H2,1H3. The summed E-state index contributed by atoms with van der Waals surface area (Å²) in [6, 6.07) is 10.0. The Kier molecular flexibility index (Phi) is 3.75. The van der Waals surface area contributed by atoms with Crippen molar-refractivity contribution < 1.29 is 0 Å². The number of pyridine rings is 1. The quantitative estimate of drug-likeness (QED) is 0.742. The second-order valence-corrected chi connectivity index (χ2v) is 6.96. The topological polar surface area (TPSA) is 37.6 Å². The van der Waals surface area contributed by atoms with E-state index in [9.17, 15) is 4.79 Å². The van der Waals surface area contributed by atoms with E-state index in [1.807, 2.05) is 29.5 Å². The summed E-state index contributed by atoms with van der Waals surface area (Å²) >= 11 is 1.86. The van der Waals surface area contributed by atoms with Crippen LogP contribution in [0.25, 0.3) is 5.65 Å². The second kappa shape index (κ2) is 5.91. The van der Waals surface area contributed by atoms with Gasteiger partial charge in [0.1, 0.15) is 5.65 Å². The van der Waals surface area contributed by atoms with E-state index >= 15 is 0 Å². The van der Waals surface area contributed by atoms with Crippen LogP contribution in [0, 0.1) is 0 Å². The highest BCUT2D eigenvalue weighted by Crippen LogP contribution is 2.35. The molecule has 0 bridgehead atoms. The van der Waals surface area contributed by atoms with Gasteiger partial charge < -0.3 is 0 Å². The van der Waals surface area contributed by atoms with E-state index in [2.05, 4.69) is 28.3 Å². The first-order chi connectivity index (χ1) is 11.3. The summed E-state index contributed by atoms with van der Waals surface area (Å²) in [6.07, 6.45) is 3.94. The fourth-order valence-corrected chi connectivity index (χ4v) is 4.44. The van der Waals surface area contributed by atoms with E-state index in [-0.39, 0.29) is 5.56 Å². The van der Waals surface area contributed by atoms with Gasteiger partial charge in [-0.05, 0) is 42.0 Å². The van der Waals surface area contributed by atoms with Crippen molar-refractivity contribution in [2.24, 2.45) is 0 Å². The van der Waals surface area contributed by atoms with Gasteiger partial charge in [0.05, 0.1) is 5.69 Å². The summed E-state index contributed by atoms with van der Waals surface area (Å²) in [6.45, 7) is 3.99. The van der Waals surface area contributed by atoms with Gasteiger partial charge in [-0.1, -0.05) is 13.0 Å². The molecule has 0 radical (unpaired) electrons. The number of nitrogens with zero attached hydrogens (tertiary/aromatic N) is 3. The van der Waals surface area contributed by atoms with Crippen LogP contribution >= 0.6 is 11.3 Å². The summed E-state index contributed by atoms with van der Waals surface area (Å²) < 4.78 is 1.59. The Labute approximate surface area is 139 Å². The van der Waals surface area contributed by atoms with Crippen LogP contribution in [0.1, 0.15) is 35.5 Å². The average Bonchev–Trinajstić information content (AvgIpc) is 3.03. The first kappa shape index (κ1) is 14.6. The van der Waals surface area contributed by atoms with E-state index < -0.39 is 0 Å². The van der Waals surface area contributed by atoms with E-state index in [0.717, 1.165) is 37.3 Å². The van der Waals surface area contributed by atoms with Gasteiger partial charge in [0.2, 0.25) is 0 Å². The zero-order valence-corrected chi connectivity index (χ0v) is 13.9. The third-order valence-electron chi connectivity index (χ3n) is 4.58. The van der Waals surface area contributed by atoms with Gasteiger partial charge >= 0.3 is 0 Å². The van der Waals surface area contributed by atoms with Crippen molar-refractivity contribution in [3.63, 3.8) is 0 Å². The molecule has 1 unspecified atom stereocenters. The molecule has 0 N–H and O–H groups in total. The summed E-state index contributed by atoms with van der Waals surface area (Å²) in [5.74, 6) is 0. The third-order valence-corrected chi connectivity index (χ3v) is 5.58. The van der Waals surface area contributed by atoms with Gasteiger partial charge in [0.15, 0.2) is 0 Å². The first-order valence-electron chi connectivity index (χ1n) is 8.04. The monoisotopic (exact) mass is 325 g/mol. The highest BCUT2D eigenvalue weighted by molar-refractivity contribution is 7.10.